The maximum Gasteiger partial charge on any atom is 0.0406 e. The van der Waals surface area contributed by atoms with Crippen molar-refractivity contribution in [3.8, 4) is 0 Å². The fourth-order valence-corrected chi connectivity index (χ4v) is 3.47. The van der Waals surface area contributed by atoms with Crippen LogP contribution in [0.25, 0.3) is 0 Å². The third-order valence-corrected chi connectivity index (χ3v) is 4.72. The Bertz CT molecular complexity index is 410. The largest absolute Gasteiger partial charge is 0.324 e. The standard InChI is InChI=1S/C18H29ClN2/c1-14(2)13-21(17-5-3-4-6-17)12-11-18(20)15-7-9-16(19)10-8-15/h7-10,14,17-18H,3-6,11-13,20H2,1-2H3. The van der Waals surface area contributed by atoms with Crippen LogP contribution in [0.3, 0.4) is 0 Å². The van der Waals surface area contributed by atoms with Crippen molar-refractivity contribution < 1.29 is 0 Å². The first-order chi connectivity index (χ1) is 10.1. The van der Waals surface area contributed by atoms with Crippen LogP contribution >= 0.6 is 11.6 Å². The van der Waals surface area contributed by atoms with E-state index in [0.717, 1.165) is 29.9 Å². The monoisotopic (exact) mass is 308 g/mol. The summed E-state index contributed by atoms with van der Waals surface area (Å²) in [6.07, 6.45) is 6.53. The summed E-state index contributed by atoms with van der Waals surface area (Å²) in [5, 5.41) is 0.776. The third kappa shape index (κ3) is 5.28. The molecule has 1 unspecified atom stereocenters. The summed E-state index contributed by atoms with van der Waals surface area (Å²) in [6.45, 7) is 6.91. The Balaban J connectivity index is 1.89. The molecule has 0 aromatic heterocycles. The van der Waals surface area contributed by atoms with E-state index < -0.39 is 0 Å². The van der Waals surface area contributed by atoms with Crippen molar-refractivity contribution in [1.29, 1.82) is 0 Å². The molecule has 1 aliphatic rings. The summed E-state index contributed by atoms with van der Waals surface area (Å²) in [5.74, 6) is 0.720. The number of halogens is 1. The number of rotatable bonds is 7. The van der Waals surface area contributed by atoms with Gasteiger partial charge in [-0.3, -0.25) is 0 Å². The second-order valence-corrected chi connectivity index (χ2v) is 7.21. The maximum atomic E-state index is 6.35. The van der Waals surface area contributed by atoms with Crippen LogP contribution in [0, 0.1) is 5.92 Å². The van der Waals surface area contributed by atoms with Gasteiger partial charge in [-0.05, 0) is 42.9 Å². The molecule has 2 rings (SSSR count). The Morgan fingerprint density at radius 2 is 1.81 bits per heavy atom. The minimum absolute atomic E-state index is 0.110. The van der Waals surface area contributed by atoms with Crippen molar-refractivity contribution in [2.75, 3.05) is 13.1 Å². The molecule has 118 valence electrons. The van der Waals surface area contributed by atoms with E-state index in [2.05, 4.69) is 30.9 Å². The third-order valence-electron chi connectivity index (χ3n) is 4.47. The van der Waals surface area contributed by atoms with E-state index >= 15 is 0 Å². The number of hydrogen-bond acceptors (Lipinski definition) is 2. The average molecular weight is 309 g/mol. The van der Waals surface area contributed by atoms with E-state index in [1.54, 1.807) is 0 Å². The average Bonchev–Trinajstić information content (AvgIpc) is 2.97. The zero-order chi connectivity index (χ0) is 15.2. The highest BCUT2D eigenvalue weighted by Gasteiger charge is 2.23. The van der Waals surface area contributed by atoms with E-state index in [0.29, 0.717) is 0 Å². The van der Waals surface area contributed by atoms with Gasteiger partial charge < -0.3 is 10.6 Å². The van der Waals surface area contributed by atoms with Gasteiger partial charge in [-0.15, -0.1) is 0 Å². The zero-order valence-corrected chi connectivity index (χ0v) is 14.1. The summed E-state index contributed by atoms with van der Waals surface area (Å²) in [5.41, 5.74) is 7.54. The lowest BCUT2D eigenvalue weighted by Crippen LogP contribution is -2.38. The van der Waals surface area contributed by atoms with E-state index in [-0.39, 0.29) is 6.04 Å². The molecule has 0 radical (unpaired) electrons. The highest BCUT2D eigenvalue weighted by atomic mass is 35.5. The maximum absolute atomic E-state index is 6.35. The van der Waals surface area contributed by atoms with Crippen molar-refractivity contribution in [3.05, 3.63) is 34.9 Å². The lowest BCUT2D eigenvalue weighted by Gasteiger charge is -2.31. The minimum Gasteiger partial charge on any atom is -0.324 e. The molecule has 1 saturated carbocycles. The molecule has 3 heteroatoms. The van der Waals surface area contributed by atoms with Crippen LogP contribution in [-0.2, 0) is 0 Å². The van der Waals surface area contributed by atoms with Crippen molar-refractivity contribution in [1.82, 2.24) is 4.90 Å². The lowest BCUT2D eigenvalue weighted by molar-refractivity contribution is 0.171. The van der Waals surface area contributed by atoms with Crippen molar-refractivity contribution in [3.63, 3.8) is 0 Å². The molecule has 1 aromatic rings. The number of nitrogens with two attached hydrogens (primary N) is 1. The quantitative estimate of drug-likeness (QED) is 0.795. The lowest BCUT2D eigenvalue weighted by atomic mass is 10.0. The van der Waals surface area contributed by atoms with Gasteiger partial charge in [-0.25, -0.2) is 0 Å². The second kappa shape index (κ2) is 8.17. The Morgan fingerprint density at radius 1 is 1.19 bits per heavy atom. The van der Waals surface area contributed by atoms with E-state index in [4.69, 9.17) is 17.3 Å². The van der Waals surface area contributed by atoms with Crippen molar-refractivity contribution in [2.24, 2.45) is 11.7 Å². The van der Waals surface area contributed by atoms with Crippen LogP contribution in [-0.4, -0.2) is 24.0 Å². The van der Waals surface area contributed by atoms with Gasteiger partial charge in [0, 0.05) is 30.2 Å². The molecular formula is C18H29ClN2. The Morgan fingerprint density at radius 3 is 2.38 bits per heavy atom. The first-order valence-electron chi connectivity index (χ1n) is 8.31. The molecule has 1 atom stereocenters. The summed E-state index contributed by atoms with van der Waals surface area (Å²) in [4.78, 5) is 2.67. The topological polar surface area (TPSA) is 29.3 Å². The Labute approximate surface area is 134 Å². The molecule has 0 heterocycles. The fourth-order valence-electron chi connectivity index (χ4n) is 3.34. The van der Waals surface area contributed by atoms with Gasteiger partial charge in [-0.2, -0.15) is 0 Å². The molecule has 0 amide bonds. The van der Waals surface area contributed by atoms with E-state index in [1.807, 2.05) is 12.1 Å². The number of nitrogens with zero attached hydrogens (tertiary/aromatic N) is 1. The van der Waals surface area contributed by atoms with Crippen LogP contribution in [0.15, 0.2) is 24.3 Å². The molecule has 2 N–H and O–H groups in total. The van der Waals surface area contributed by atoms with Gasteiger partial charge in [0.15, 0.2) is 0 Å². The van der Waals surface area contributed by atoms with Gasteiger partial charge in [-0.1, -0.05) is 50.4 Å². The van der Waals surface area contributed by atoms with E-state index in [9.17, 15) is 0 Å². The molecule has 1 fully saturated rings. The molecular weight excluding hydrogens is 280 g/mol. The smallest absolute Gasteiger partial charge is 0.0406 e. The molecule has 0 aliphatic heterocycles. The van der Waals surface area contributed by atoms with Crippen LogP contribution in [0.1, 0.15) is 57.6 Å². The minimum atomic E-state index is 0.110. The molecule has 0 bridgehead atoms. The van der Waals surface area contributed by atoms with Crippen molar-refractivity contribution >= 4 is 11.6 Å². The number of benzene rings is 1. The highest BCUT2D eigenvalue weighted by Crippen LogP contribution is 2.25. The van der Waals surface area contributed by atoms with Crippen LogP contribution in [0.5, 0.6) is 0 Å². The summed E-state index contributed by atoms with van der Waals surface area (Å²) < 4.78 is 0. The molecule has 21 heavy (non-hydrogen) atoms. The predicted octanol–water partition coefficient (Wildman–Crippen LogP) is 4.63. The Hall–Kier alpha value is -0.570. The summed E-state index contributed by atoms with van der Waals surface area (Å²) >= 11 is 5.94. The molecule has 0 spiro atoms. The van der Waals surface area contributed by atoms with Crippen LogP contribution < -0.4 is 5.73 Å². The van der Waals surface area contributed by atoms with Gasteiger partial charge in [0.05, 0.1) is 0 Å². The normalized spacial score (nSPS) is 17.8. The van der Waals surface area contributed by atoms with Crippen LogP contribution in [0.2, 0.25) is 5.02 Å². The van der Waals surface area contributed by atoms with Gasteiger partial charge in [0.1, 0.15) is 0 Å². The van der Waals surface area contributed by atoms with Gasteiger partial charge in [0.2, 0.25) is 0 Å². The fraction of sp³-hybridized carbons (Fsp3) is 0.667. The van der Waals surface area contributed by atoms with Gasteiger partial charge >= 0.3 is 0 Å². The molecule has 1 aromatic carbocycles. The number of hydrogen-bond donors (Lipinski definition) is 1. The molecule has 1 aliphatic carbocycles. The second-order valence-electron chi connectivity index (χ2n) is 6.77. The predicted molar refractivity (Wildman–Crippen MR) is 91.7 cm³/mol. The van der Waals surface area contributed by atoms with E-state index in [1.165, 1.54) is 37.8 Å². The summed E-state index contributed by atoms with van der Waals surface area (Å²) in [6, 6.07) is 8.85. The zero-order valence-electron chi connectivity index (χ0n) is 13.4. The summed E-state index contributed by atoms with van der Waals surface area (Å²) in [7, 11) is 0. The van der Waals surface area contributed by atoms with Gasteiger partial charge in [0.25, 0.3) is 0 Å². The van der Waals surface area contributed by atoms with Crippen LogP contribution in [0.4, 0.5) is 0 Å². The van der Waals surface area contributed by atoms with Crippen molar-refractivity contribution in [2.45, 2.75) is 58.0 Å². The molecule has 0 saturated heterocycles. The highest BCUT2D eigenvalue weighted by molar-refractivity contribution is 6.30. The molecule has 2 nitrogen and oxygen atoms in total. The first kappa shape index (κ1) is 16.8. The Kier molecular flexibility index (Phi) is 6.53. The first-order valence-corrected chi connectivity index (χ1v) is 8.69. The SMILES string of the molecule is CC(C)CN(CCC(N)c1ccc(Cl)cc1)C1CCCC1.